The fourth-order valence-corrected chi connectivity index (χ4v) is 3.57. The van der Waals surface area contributed by atoms with E-state index in [4.69, 9.17) is 5.73 Å². The molecule has 3 rings (SSSR count). The van der Waals surface area contributed by atoms with Crippen molar-refractivity contribution < 1.29 is 0 Å². The predicted molar refractivity (Wildman–Crippen MR) is 56.1 cm³/mol. The molecule has 13 heavy (non-hydrogen) atoms. The van der Waals surface area contributed by atoms with Gasteiger partial charge >= 0.3 is 0 Å². The average molecular weight is 193 g/mol. The van der Waals surface area contributed by atoms with Gasteiger partial charge in [0.05, 0.1) is 0 Å². The van der Waals surface area contributed by atoms with Gasteiger partial charge in [0, 0.05) is 10.4 Å². The molecule has 1 aromatic heterocycles. The summed E-state index contributed by atoms with van der Waals surface area (Å²) in [6, 6.07) is 0. The van der Waals surface area contributed by atoms with Crippen molar-refractivity contribution in [2.24, 2.45) is 5.73 Å². The molecular formula is C11H15NS. The Morgan fingerprint density at radius 2 is 2.00 bits per heavy atom. The van der Waals surface area contributed by atoms with E-state index in [2.05, 4.69) is 5.38 Å². The molecule has 1 aromatic rings. The highest BCUT2D eigenvalue weighted by Gasteiger charge is 2.42. The van der Waals surface area contributed by atoms with Gasteiger partial charge < -0.3 is 5.73 Å². The second-order valence-corrected chi connectivity index (χ2v) is 5.38. The molecule has 0 aliphatic heterocycles. The zero-order valence-corrected chi connectivity index (χ0v) is 8.62. The van der Waals surface area contributed by atoms with Crippen LogP contribution in [0.1, 0.15) is 41.7 Å². The van der Waals surface area contributed by atoms with Gasteiger partial charge in [0.2, 0.25) is 0 Å². The largest absolute Gasteiger partial charge is 0.321 e. The van der Waals surface area contributed by atoms with E-state index in [1.165, 1.54) is 44.1 Å². The third-order valence-electron chi connectivity index (χ3n) is 3.39. The lowest BCUT2D eigenvalue weighted by Crippen LogP contribution is -2.20. The van der Waals surface area contributed by atoms with E-state index in [0.29, 0.717) is 0 Å². The summed E-state index contributed by atoms with van der Waals surface area (Å²) in [6.45, 7) is 0. The van der Waals surface area contributed by atoms with E-state index in [-0.39, 0.29) is 5.54 Å². The summed E-state index contributed by atoms with van der Waals surface area (Å²) < 4.78 is 0. The Kier molecular flexibility index (Phi) is 1.59. The fraction of sp³-hybridized carbons (Fsp3) is 0.636. The molecule has 1 heterocycles. The van der Waals surface area contributed by atoms with Gasteiger partial charge in [-0.25, -0.2) is 0 Å². The summed E-state index contributed by atoms with van der Waals surface area (Å²) in [5.74, 6) is 0. The Balaban J connectivity index is 2.06. The average Bonchev–Trinajstić information content (AvgIpc) is 2.76. The van der Waals surface area contributed by atoms with Crippen molar-refractivity contribution in [3.05, 3.63) is 21.4 Å². The lowest BCUT2D eigenvalue weighted by molar-refractivity contribution is 0.665. The SMILES string of the molecule is NC1(c2csc3c2CCCC3)CC1. The Hall–Kier alpha value is -0.340. The third-order valence-corrected chi connectivity index (χ3v) is 4.48. The number of fused-ring (bicyclic) bond motifs is 1. The number of aryl methyl sites for hydroxylation is 1. The van der Waals surface area contributed by atoms with Crippen LogP contribution < -0.4 is 5.73 Å². The van der Waals surface area contributed by atoms with Gasteiger partial charge in [0.15, 0.2) is 0 Å². The first-order chi connectivity index (χ1) is 6.30. The van der Waals surface area contributed by atoms with Crippen molar-refractivity contribution in [2.75, 3.05) is 0 Å². The molecule has 0 radical (unpaired) electrons. The highest BCUT2D eigenvalue weighted by Crippen LogP contribution is 2.47. The molecule has 0 spiro atoms. The van der Waals surface area contributed by atoms with Crippen LogP contribution in [0, 0.1) is 0 Å². The van der Waals surface area contributed by atoms with Crippen LogP contribution >= 0.6 is 11.3 Å². The van der Waals surface area contributed by atoms with Crippen molar-refractivity contribution in [1.82, 2.24) is 0 Å². The van der Waals surface area contributed by atoms with Gasteiger partial charge in [-0.15, -0.1) is 11.3 Å². The number of hydrogen-bond acceptors (Lipinski definition) is 2. The first-order valence-electron chi connectivity index (χ1n) is 5.18. The molecule has 0 aromatic carbocycles. The van der Waals surface area contributed by atoms with E-state index < -0.39 is 0 Å². The third kappa shape index (κ3) is 1.16. The van der Waals surface area contributed by atoms with Crippen LogP contribution in [0.4, 0.5) is 0 Å². The maximum absolute atomic E-state index is 6.24. The van der Waals surface area contributed by atoms with Crippen molar-refractivity contribution >= 4 is 11.3 Å². The molecule has 2 heteroatoms. The zero-order chi connectivity index (χ0) is 8.89. The first kappa shape index (κ1) is 8.01. The Labute approximate surface area is 83.0 Å². The van der Waals surface area contributed by atoms with Gasteiger partial charge in [-0.05, 0) is 55.0 Å². The molecule has 0 amide bonds. The lowest BCUT2D eigenvalue weighted by atomic mass is 9.92. The fourth-order valence-electron chi connectivity index (χ4n) is 2.32. The summed E-state index contributed by atoms with van der Waals surface area (Å²) >= 11 is 1.94. The minimum atomic E-state index is 0.0986. The maximum atomic E-state index is 6.24. The van der Waals surface area contributed by atoms with E-state index in [0.717, 1.165) is 0 Å². The van der Waals surface area contributed by atoms with Crippen molar-refractivity contribution in [1.29, 1.82) is 0 Å². The van der Waals surface area contributed by atoms with Crippen LogP contribution in [0.15, 0.2) is 5.38 Å². The molecule has 2 aliphatic carbocycles. The first-order valence-corrected chi connectivity index (χ1v) is 6.06. The maximum Gasteiger partial charge on any atom is 0.0422 e. The zero-order valence-electron chi connectivity index (χ0n) is 7.81. The summed E-state index contributed by atoms with van der Waals surface area (Å²) in [7, 11) is 0. The van der Waals surface area contributed by atoms with Crippen molar-refractivity contribution in [3.63, 3.8) is 0 Å². The molecule has 1 saturated carbocycles. The van der Waals surface area contributed by atoms with Crippen LogP contribution in [0.5, 0.6) is 0 Å². The highest BCUT2D eigenvalue weighted by atomic mass is 32.1. The number of nitrogens with two attached hydrogens (primary N) is 1. The van der Waals surface area contributed by atoms with E-state index in [9.17, 15) is 0 Å². The van der Waals surface area contributed by atoms with Gasteiger partial charge in [-0.2, -0.15) is 0 Å². The molecule has 1 fully saturated rings. The Bertz CT molecular complexity index is 336. The summed E-state index contributed by atoms with van der Waals surface area (Å²) in [5, 5.41) is 2.32. The van der Waals surface area contributed by atoms with Crippen LogP contribution in [-0.2, 0) is 18.4 Å². The van der Waals surface area contributed by atoms with Crippen LogP contribution in [0.2, 0.25) is 0 Å². The highest BCUT2D eigenvalue weighted by molar-refractivity contribution is 7.10. The molecule has 2 aliphatic rings. The van der Waals surface area contributed by atoms with Crippen molar-refractivity contribution in [2.45, 2.75) is 44.1 Å². The minimum absolute atomic E-state index is 0.0986. The molecule has 2 N–H and O–H groups in total. The quantitative estimate of drug-likeness (QED) is 0.729. The molecule has 0 saturated heterocycles. The molecular weight excluding hydrogens is 178 g/mol. The Morgan fingerprint density at radius 3 is 2.77 bits per heavy atom. The minimum Gasteiger partial charge on any atom is -0.321 e. The van der Waals surface area contributed by atoms with Crippen LogP contribution in [0.25, 0.3) is 0 Å². The number of rotatable bonds is 1. The van der Waals surface area contributed by atoms with Gasteiger partial charge in [-0.3, -0.25) is 0 Å². The number of hydrogen-bond donors (Lipinski definition) is 1. The number of thiophene rings is 1. The molecule has 0 unspecified atom stereocenters. The molecule has 0 atom stereocenters. The molecule has 70 valence electrons. The second-order valence-electron chi connectivity index (χ2n) is 4.41. The monoisotopic (exact) mass is 193 g/mol. The van der Waals surface area contributed by atoms with Crippen LogP contribution in [-0.4, -0.2) is 0 Å². The summed E-state index contributed by atoms with van der Waals surface area (Å²) in [4.78, 5) is 1.62. The van der Waals surface area contributed by atoms with E-state index in [1.54, 1.807) is 10.4 Å². The van der Waals surface area contributed by atoms with Gasteiger partial charge in [0.1, 0.15) is 0 Å². The smallest absolute Gasteiger partial charge is 0.0422 e. The lowest BCUT2D eigenvalue weighted by Gasteiger charge is -2.15. The second kappa shape index (κ2) is 2.58. The van der Waals surface area contributed by atoms with E-state index in [1.807, 2.05) is 11.3 Å². The topological polar surface area (TPSA) is 26.0 Å². The summed E-state index contributed by atoms with van der Waals surface area (Å²) in [5.41, 5.74) is 9.46. The normalized spacial score (nSPS) is 24.1. The van der Waals surface area contributed by atoms with Crippen molar-refractivity contribution in [3.8, 4) is 0 Å². The standard InChI is InChI=1S/C11H15NS/c12-11(5-6-11)9-7-13-10-4-2-1-3-8(9)10/h7H,1-6,12H2. The molecule has 0 bridgehead atoms. The Morgan fingerprint density at radius 1 is 1.23 bits per heavy atom. The summed E-state index contributed by atoms with van der Waals surface area (Å²) in [6.07, 6.45) is 7.74. The molecule has 1 nitrogen and oxygen atoms in total. The predicted octanol–water partition coefficient (Wildman–Crippen LogP) is 2.57. The van der Waals surface area contributed by atoms with Crippen LogP contribution in [0.3, 0.4) is 0 Å². The van der Waals surface area contributed by atoms with Gasteiger partial charge in [-0.1, -0.05) is 0 Å². The van der Waals surface area contributed by atoms with Gasteiger partial charge in [0.25, 0.3) is 0 Å². The van der Waals surface area contributed by atoms with E-state index >= 15 is 0 Å².